The normalized spacial score (nSPS) is 25.8. The molecular formula is C14H26N4. The molecule has 0 spiro atoms. The Morgan fingerprint density at radius 2 is 2.28 bits per heavy atom. The third-order valence-electron chi connectivity index (χ3n) is 3.82. The molecule has 2 unspecified atom stereocenters. The first-order valence-corrected chi connectivity index (χ1v) is 7.09. The van der Waals surface area contributed by atoms with Crippen LogP contribution in [-0.4, -0.2) is 39.9 Å². The van der Waals surface area contributed by atoms with Crippen LogP contribution in [0.25, 0.3) is 0 Å². The molecule has 1 aromatic rings. The van der Waals surface area contributed by atoms with Crippen LogP contribution in [0.2, 0.25) is 0 Å². The van der Waals surface area contributed by atoms with Gasteiger partial charge in [0.05, 0.1) is 6.20 Å². The van der Waals surface area contributed by atoms with E-state index in [0.29, 0.717) is 18.0 Å². The Bertz CT molecular complexity index is 372. The zero-order valence-corrected chi connectivity index (χ0v) is 12.1. The molecule has 0 aliphatic carbocycles. The van der Waals surface area contributed by atoms with E-state index in [9.17, 15) is 0 Å². The Morgan fingerprint density at radius 1 is 1.50 bits per heavy atom. The summed E-state index contributed by atoms with van der Waals surface area (Å²) < 4.78 is 2.01. The Kier molecular flexibility index (Phi) is 4.40. The van der Waals surface area contributed by atoms with E-state index < -0.39 is 0 Å². The van der Waals surface area contributed by atoms with E-state index in [1.807, 2.05) is 10.9 Å². The van der Waals surface area contributed by atoms with Crippen LogP contribution < -0.4 is 5.32 Å². The van der Waals surface area contributed by atoms with Crippen LogP contribution in [0.15, 0.2) is 12.4 Å². The maximum absolute atomic E-state index is 4.36. The van der Waals surface area contributed by atoms with Crippen LogP contribution in [-0.2, 0) is 13.1 Å². The van der Waals surface area contributed by atoms with Gasteiger partial charge in [-0.25, -0.2) is 0 Å². The molecule has 1 saturated heterocycles. The van der Waals surface area contributed by atoms with Crippen LogP contribution >= 0.6 is 0 Å². The van der Waals surface area contributed by atoms with E-state index >= 15 is 0 Å². The molecule has 0 radical (unpaired) electrons. The van der Waals surface area contributed by atoms with Gasteiger partial charge >= 0.3 is 0 Å². The van der Waals surface area contributed by atoms with E-state index in [2.05, 4.69) is 49.2 Å². The summed E-state index contributed by atoms with van der Waals surface area (Å²) in [4.78, 5) is 2.60. The SMILES string of the molecule is CCn1cc(CN2CC(C)NCC2C(C)C)cn1. The molecule has 4 heteroatoms. The molecule has 0 aromatic carbocycles. The number of nitrogens with zero attached hydrogens (tertiary/aromatic N) is 3. The average molecular weight is 250 g/mol. The fraction of sp³-hybridized carbons (Fsp3) is 0.786. The largest absolute Gasteiger partial charge is 0.311 e. The summed E-state index contributed by atoms with van der Waals surface area (Å²) in [5.41, 5.74) is 1.33. The highest BCUT2D eigenvalue weighted by Gasteiger charge is 2.28. The van der Waals surface area contributed by atoms with Crippen molar-refractivity contribution in [1.29, 1.82) is 0 Å². The number of hydrogen-bond acceptors (Lipinski definition) is 3. The topological polar surface area (TPSA) is 33.1 Å². The minimum atomic E-state index is 0.584. The molecule has 1 aromatic heterocycles. The van der Waals surface area contributed by atoms with Gasteiger partial charge in [0, 0.05) is 50.0 Å². The number of hydrogen-bond donors (Lipinski definition) is 1. The molecule has 4 nitrogen and oxygen atoms in total. The first-order valence-electron chi connectivity index (χ1n) is 7.09. The van der Waals surface area contributed by atoms with Gasteiger partial charge in [0.25, 0.3) is 0 Å². The zero-order chi connectivity index (χ0) is 13.1. The Hall–Kier alpha value is -0.870. The number of aryl methyl sites for hydroxylation is 1. The first kappa shape index (κ1) is 13.6. The predicted octanol–water partition coefficient (Wildman–Crippen LogP) is 1.72. The van der Waals surface area contributed by atoms with Gasteiger partial charge < -0.3 is 5.32 Å². The lowest BCUT2D eigenvalue weighted by atomic mass is 9.98. The second-order valence-corrected chi connectivity index (χ2v) is 5.75. The Morgan fingerprint density at radius 3 is 2.89 bits per heavy atom. The number of piperazine rings is 1. The van der Waals surface area contributed by atoms with E-state index in [0.717, 1.165) is 26.2 Å². The highest BCUT2D eigenvalue weighted by Crippen LogP contribution is 2.18. The maximum Gasteiger partial charge on any atom is 0.0534 e. The van der Waals surface area contributed by atoms with Crippen LogP contribution in [0.1, 0.15) is 33.3 Å². The summed E-state index contributed by atoms with van der Waals surface area (Å²) in [7, 11) is 0. The summed E-state index contributed by atoms with van der Waals surface area (Å²) in [6.45, 7) is 13.2. The van der Waals surface area contributed by atoms with Crippen molar-refractivity contribution in [3.8, 4) is 0 Å². The molecule has 2 heterocycles. The van der Waals surface area contributed by atoms with Crippen LogP contribution in [0, 0.1) is 5.92 Å². The van der Waals surface area contributed by atoms with E-state index in [-0.39, 0.29) is 0 Å². The summed E-state index contributed by atoms with van der Waals surface area (Å²) >= 11 is 0. The highest BCUT2D eigenvalue weighted by atomic mass is 15.3. The third-order valence-corrected chi connectivity index (χ3v) is 3.82. The van der Waals surface area contributed by atoms with Crippen molar-refractivity contribution in [3.63, 3.8) is 0 Å². The zero-order valence-electron chi connectivity index (χ0n) is 12.1. The van der Waals surface area contributed by atoms with Crippen LogP contribution in [0.3, 0.4) is 0 Å². The van der Waals surface area contributed by atoms with Crippen molar-refractivity contribution in [3.05, 3.63) is 18.0 Å². The van der Waals surface area contributed by atoms with Crippen LogP contribution in [0.4, 0.5) is 0 Å². The molecule has 1 aliphatic rings. The Labute approximate surface area is 110 Å². The smallest absolute Gasteiger partial charge is 0.0534 e. The van der Waals surface area contributed by atoms with E-state index in [1.165, 1.54) is 5.56 Å². The van der Waals surface area contributed by atoms with Crippen molar-refractivity contribution < 1.29 is 0 Å². The van der Waals surface area contributed by atoms with Gasteiger partial charge in [-0.3, -0.25) is 9.58 Å². The molecule has 0 bridgehead atoms. The molecule has 1 fully saturated rings. The summed E-state index contributed by atoms with van der Waals surface area (Å²) in [5.74, 6) is 0.686. The molecule has 1 N–H and O–H groups in total. The number of aromatic nitrogens is 2. The molecule has 0 amide bonds. The molecule has 2 rings (SSSR count). The number of nitrogens with one attached hydrogen (secondary N) is 1. The first-order chi connectivity index (χ1) is 8.60. The van der Waals surface area contributed by atoms with Crippen molar-refractivity contribution in [1.82, 2.24) is 20.0 Å². The molecular weight excluding hydrogens is 224 g/mol. The third kappa shape index (κ3) is 3.12. The summed E-state index contributed by atoms with van der Waals surface area (Å²) in [6.07, 6.45) is 4.18. The Balaban J connectivity index is 2.03. The average Bonchev–Trinajstić information content (AvgIpc) is 2.76. The lowest BCUT2D eigenvalue weighted by Crippen LogP contribution is -2.56. The monoisotopic (exact) mass is 250 g/mol. The molecule has 18 heavy (non-hydrogen) atoms. The molecule has 0 saturated carbocycles. The van der Waals surface area contributed by atoms with Gasteiger partial charge in [0.1, 0.15) is 0 Å². The summed E-state index contributed by atoms with van der Waals surface area (Å²) in [5, 5.41) is 7.95. The molecule has 102 valence electrons. The highest BCUT2D eigenvalue weighted by molar-refractivity contribution is 5.05. The maximum atomic E-state index is 4.36. The van der Waals surface area contributed by atoms with Gasteiger partial charge in [-0.2, -0.15) is 5.10 Å². The van der Waals surface area contributed by atoms with Crippen molar-refractivity contribution in [2.75, 3.05) is 13.1 Å². The predicted molar refractivity (Wildman–Crippen MR) is 74.4 cm³/mol. The van der Waals surface area contributed by atoms with Crippen molar-refractivity contribution >= 4 is 0 Å². The minimum absolute atomic E-state index is 0.584. The molecule has 1 aliphatic heterocycles. The minimum Gasteiger partial charge on any atom is -0.311 e. The summed E-state index contributed by atoms with van der Waals surface area (Å²) in [6, 6.07) is 1.22. The van der Waals surface area contributed by atoms with E-state index in [1.54, 1.807) is 0 Å². The van der Waals surface area contributed by atoms with Crippen LogP contribution in [0.5, 0.6) is 0 Å². The van der Waals surface area contributed by atoms with Gasteiger partial charge in [0.2, 0.25) is 0 Å². The van der Waals surface area contributed by atoms with Crippen molar-refractivity contribution in [2.24, 2.45) is 5.92 Å². The lowest BCUT2D eigenvalue weighted by molar-refractivity contribution is 0.0956. The molecule has 2 atom stereocenters. The van der Waals surface area contributed by atoms with Gasteiger partial charge in [-0.15, -0.1) is 0 Å². The standard InChI is InChI=1S/C14H26N4/c1-5-18-10-13(6-16-18)9-17-8-12(4)15-7-14(17)11(2)3/h6,10-12,14-15H,5,7-9H2,1-4H3. The quantitative estimate of drug-likeness (QED) is 0.883. The fourth-order valence-electron chi connectivity index (χ4n) is 2.74. The van der Waals surface area contributed by atoms with Gasteiger partial charge in [-0.1, -0.05) is 13.8 Å². The fourth-order valence-corrected chi connectivity index (χ4v) is 2.74. The van der Waals surface area contributed by atoms with Gasteiger partial charge in [-0.05, 0) is 19.8 Å². The number of rotatable bonds is 4. The van der Waals surface area contributed by atoms with Gasteiger partial charge in [0.15, 0.2) is 0 Å². The van der Waals surface area contributed by atoms with E-state index in [4.69, 9.17) is 0 Å². The lowest BCUT2D eigenvalue weighted by Gasteiger charge is -2.41. The second-order valence-electron chi connectivity index (χ2n) is 5.75. The second kappa shape index (κ2) is 5.85. The van der Waals surface area contributed by atoms with Crippen molar-refractivity contribution in [2.45, 2.75) is 52.9 Å².